The lowest BCUT2D eigenvalue weighted by Crippen LogP contribution is -2.36. The molecule has 1 atom stereocenters. The van der Waals surface area contributed by atoms with Crippen LogP contribution in [0.1, 0.15) is 50.7 Å². The van der Waals surface area contributed by atoms with Crippen molar-refractivity contribution < 1.29 is 4.74 Å². The second-order valence-corrected chi connectivity index (χ2v) is 11.7. The van der Waals surface area contributed by atoms with Crippen molar-refractivity contribution in [1.29, 1.82) is 5.26 Å². The highest BCUT2D eigenvalue weighted by Crippen LogP contribution is 2.62. The Kier molecular flexibility index (Phi) is 5.78. The predicted octanol–water partition coefficient (Wildman–Crippen LogP) is 8.52. The van der Waals surface area contributed by atoms with Gasteiger partial charge in [0.2, 0.25) is 0 Å². The Hall–Kier alpha value is -6.25. The molecule has 0 bridgehead atoms. The van der Waals surface area contributed by atoms with E-state index in [1.54, 1.807) is 0 Å². The van der Waals surface area contributed by atoms with Crippen LogP contribution in [0, 0.1) is 11.3 Å². The maximum absolute atomic E-state index is 9.37. The molecule has 216 valence electrons. The molecule has 2 heterocycles. The summed E-state index contributed by atoms with van der Waals surface area (Å²) >= 11 is 0. The first-order valence-corrected chi connectivity index (χ1v) is 15.3. The molecule has 0 saturated carbocycles. The average molecular weight is 591 g/mol. The van der Waals surface area contributed by atoms with Crippen molar-refractivity contribution >= 4 is 11.7 Å². The van der Waals surface area contributed by atoms with Crippen molar-refractivity contribution in [3.05, 3.63) is 190 Å². The van der Waals surface area contributed by atoms with Crippen LogP contribution >= 0.6 is 0 Å². The van der Waals surface area contributed by atoms with Crippen LogP contribution in [0.15, 0.2) is 156 Å². The minimum absolute atomic E-state index is 0.469. The quantitative estimate of drug-likeness (QED) is 0.224. The SMILES string of the molecule is N#Cc1ccc(C2N=C(c3ccccc3)NC(c3ccc4c(c3)C3(c5ccccc5Oc5ccccc53)c3ccccc3-4)=N2)cc1. The summed E-state index contributed by atoms with van der Waals surface area (Å²) in [6.07, 6.45) is -0.469. The van der Waals surface area contributed by atoms with Crippen molar-refractivity contribution in [3.8, 4) is 28.7 Å². The van der Waals surface area contributed by atoms with Crippen LogP contribution in [0.5, 0.6) is 11.5 Å². The Morgan fingerprint density at radius 3 is 1.85 bits per heavy atom. The number of hydrogen-bond acceptors (Lipinski definition) is 5. The fourth-order valence-electron chi connectivity index (χ4n) is 7.22. The lowest BCUT2D eigenvalue weighted by molar-refractivity contribution is 0.436. The zero-order chi connectivity index (χ0) is 30.7. The zero-order valence-corrected chi connectivity index (χ0v) is 24.7. The number of ether oxygens (including phenoxy) is 1. The van der Waals surface area contributed by atoms with E-state index in [0.717, 1.165) is 51.0 Å². The van der Waals surface area contributed by atoms with Gasteiger partial charge < -0.3 is 10.1 Å². The van der Waals surface area contributed by atoms with Gasteiger partial charge in [-0.25, -0.2) is 9.98 Å². The standard InChI is InChI=1S/C41H26N4O/c42-25-26-18-20-28(21-19-26)39-43-38(27-10-2-1-3-11-27)44-40(45-39)29-22-23-31-30-12-4-5-13-32(30)41(35(31)24-29)33-14-6-8-16-36(33)46-37-17-9-7-15-34(37)41/h1-24,39H,(H,43,44,45). The number of aliphatic imine (C=N–C) groups is 2. The number of nitrogens with zero attached hydrogens (tertiary/aromatic N) is 3. The van der Waals surface area contributed by atoms with E-state index in [2.05, 4.69) is 102 Å². The van der Waals surface area contributed by atoms with Gasteiger partial charge in [0, 0.05) is 22.3 Å². The molecule has 1 N–H and O–H groups in total. The van der Waals surface area contributed by atoms with Crippen molar-refractivity contribution in [3.63, 3.8) is 0 Å². The van der Waals surface area contributed by atoms with Crippen LogP contribution < -0.4 is 10.1 Å². The topological polar surface area (TPSA) is 69.8 Å². The number of benzene rings is 6. The molecule has 0 radical (unpaired) electrons. The molecular formula is C41H26N4O. The summed E-state index contributed by atoms with van der Waals surface area (Å²) in [6.45, 7) is 0. The predicted molar refractivity (Wildman–Crippen MR) is 180 cm³/mol. The molecule has 6 aromatic rings. The van der Waals surface area contributed by atoms with Gasteiger partial charge in [-0.2, -0.15) is 5.26 Å². The van der Waals surface area contributed by atoms with Gasteiger partial charge in [-0.05, 0) is 58.1 Å². The van der Waals surface area contributed by atoms with E-state index in [9.17, 15) is 5.26 Å². The zero-order valence-electron chi connectivity index (χ0n) is 24.7. The molecule has 0 aromatic heterocycles. The maximum Gasteiger partial charge on any atom is 0.169 e. The fraction of sp³-hybridized carbons (Fsp3) is 0.0488. The van der Waals surface area contributed by atoms with Crippen molar-refractivity contribution in [2.24, 2.45) is 9.98 Å². The molecule has 6 aromatic carbocycles. The van der Waals surface area contributed by atoms with Crippen LogP contribution in [0.4, 0.5) is 0 Å². The number of rotatable bonds is 3. The van der Waals surface area contributed by atoms with E-state index in [1.165, 1.54) is 22.3 Å². The molecular weight excluding hydrogens is 564 g/mol. The number of para-hydroxylation sites is 2. The molecule has 46 heavy (non-hydrogen) atoms. The smallest absolute Gasteiger partial charge is 0.169 e. The summed E-state index contributed by atoms with van der Waals surface area (Å²) in [5.74, 6) is 3.22. The summed E-state index contributed by atoms with van der Waals surface area (Å²) in [5.41, 5.74) is 10.0. The van der Waals surface area contributed by atoms with E-state index in [-0.39, 0.29) is 0 Å². The summed E-state index contributed by atoms with van der Waals surface area (Å²) in [7, 11) is 0. The van der Waals surface area contributed by atoms with Gasteiger partial charge in [-0.3, -0.25) is 0 Å². The summed E-state index contributed by atoms with van der Waals surface area (Å²) < 4.78 is 6.51. The minimum atomic E-state index is -0.564. The Balaban J connectivity index is 1.26. The molecule has 0 fully saturated rings. The molecule has 9 rings (SSSR count). The van der Waals surface area contributed by atoms with Crippen molar-refractivity contribution in [1.82, 2.24) is 5.32 Å². The van der Waals surface area contributed by atoms with E-state index in [4.69, 9.17) is 14.7 Å². The van der Waals surface area contributed by atoms with Gasteiger partial charge in [0.25, 0.3) is 0 Å². The highest BCUT2D eigenvalue weighted by Gasteiger charge is 2.51. The molecule has 1 spiro atoms. The van der Waals surface area contributed by atoms with Crippen LogP contribution in [0.2, 0.25) is 0 Å². The van der Waals surface area contributed by atoms with Crippen LogP contribution in [-0.4, -0.2) is 11.7 Å². The minimum Gasteiger partial charge on any atom is -0.457 e. The molecule has 1 unspecified atom stereocenters. The van der Waals surface area contributed by atoms with E-state index >= 15 is 0 Å². The molecule has 5 heteroatoms. The van der Waals surface area contributed by atoms with Gasteiger partial charge in [-0.15, -0.1) is 0 Å². The van der Waals surface area contributed by atoms with Gasteiger partial charge >= 0.3 is 0 Å². The highest BCUT2D eigenvalue weighted by atomic mass is 16.5. The third kappa shape index (κ3) is 3.81. The first-order chi connectivity index (χ1) is 22.7. The molecule has 0 amide bonds. The molecule has 0 saturated heterocycles. The van der Waals surface area contributed by atoms with Gasteiger partial charge in [0.1, 0.15) is 23.2 Å². The lowest BCUT2D eigenvalue weighted by atomic mass is 9.66. The first-order valence-electron chi connectivity index (χ1n) is 15.3. The number of nitrogens with one attached hydrogen (secondary N) is 1. The lowest BCUT2D eigenvalue weighted by Gasteiger charge is -2.39. The molecule has 3 aliphatic rings. The second-order valence-electron chi connectivity index (χ2n) is 11.7. The monoisotopic (exact) mass is 590 g/mol. The van der Waals surface area contributed by atoms with Gasteiger partial charge in [0.15, 0.2) is 6.17 Å². The van der Waals surface area contributed by atoms with Crippen molar-refractivity contribution in [2.75, 3.05) is 0 Å². The average Bonchev–Trinajstić information content (AvgIpc) is 3.42. The summed E-state index contributed by atoms with van der Waals surface area (Å²) in [5, 5.41) is 12.9. The van der Waals surface area contributed by atoms with Gasteiger partial charge in [0.05, 0.1) is 17.0 Å². The van der Waals surface area contributed by atoms with Crippen LogP contribution in [-0.2, 0) is 5.41 Å². The third-order valence-electron chi connectivity index (χ3n) is 9.25. The van der Waals surface area contributed by atoms with Crippen LogP contribution in [0.3, 0.4) is 0 Å². The van der Waals surface area contributed by atoms with E-state index in [0.29, 0.717) is 5.56 Å². The van der Waals surface area contributed by atoms with E-state index in [1.807, 2.05) is 54.6 Å². The van der Waals surface area contributed by atoms with Crippen LogP contribution in [0.25, 0.3) is 11.1 Å². The summed E-state index contributed by atoms with van der Waals surface area (Å²) in [6, 6.07) is 52.0. The number of amidine groups is 2. The number of nitriles is 1. The highest BCUT2D eigenvalue weighted by molar-refractivity contribution is 6.16. The Bertz CT molecular complexity index is 2230. The molecule has 2 aliphatic heterocycles. The van der Waals surface area contributed by atoms with E-state index < -0.39 is 11.6 Å². The Morgan fingerprint density at radius 1 is 0.565 bits per heavy atom. The molecule has 5 nitrogen and oxygen atoms in total. The normalized spacial score (nSPS) is 16.4. The largest absolute Gasteiger partial charge is 0.457 e. The summed E-state index contributed by atoms with van der Waals surface area (Å²) in [4.78, 5) is 10.2. The molecule has 1 aliphatic carbocycles. The van der Waals surface area contributed by atoms with Crippen molar-refractivity contribution in [2.45, 2.75) is 11.6 Å². The van der Waals surface area contributed by atoms with Gasteiger partial charge in [-0.1, -0.05) is 115 Å². The second kappa shape index (κ2) is 10.2. The maximum atomic E-state index is 9.37. The Morgan fingerprint density at radius 2 is 1.15 bits per heavy atom. The Labute approximate surface area is 266 Å². The first kappa shape index (κ1) is 26.2. The number of hydrogen-bond donors (Lipinski definition) is 1. The number of fused-ring (bicyclic) bond motifs is 9. The fourth-order valence-corrected chi connectivity index (χ4v) is 7.22. The third-order valence-corrected chi connectivity index (χ3v) is 9.25.